The maximum Gasteiger partial charge on any atom is 0.307 e. The molecule has 98 valence electrons. The van der Waals surface area contributed by atoms with Gasteiger partial charge in [-0.1, -0.05) is 35.9 Å². The first-order chi connectivity index (χ1) is 9.15. The van der Waals surface area contributed by atoms with Gasteiger partial charge in [0.25, 0.3) is 0 Å². The second-order valence-corrected chi connectivity index (χ2v) is 4.75. The summed E-state index contributed by atoms with van der Waals surface area (Å²) < 4.78 is 0. The number of rotatable bonds is 5. The first-order valence-corrected chi connectivity index (χ1v) is 6.33. The van der Waals surface area contributed by atoms with Crippen LogP contribution >= 0.6 is 0 Å². The Morgan fingerprint density at radius 2 is 1.89 bits per heavy atom. The fourth-order valence-electron chi connectivity index (χ4n) is 2.03. The molecule has 1 atom stereocenters. The normalized spacial score (nSPS) is 12.1. The molecule has 0 aliphatic heterocycles. The highest BCUT2D eigenvalue weighted by atomic mass is 16.4. The predicted molar refractivity (Wildman–Crippen MR) is 73.9 cm³/mol. The van der Waals surface area contributed by atoms with Crippen molar-refractivity contribution in [1.82, 2.24) is 4.98 Å². The summed E-state index contributed by atoms with van der Waals surface area (Å²) in [5, 5.41) is 9.32. The van der Waals surface area contributed by atoms with E-state index in [1.165, 1.54) is 5.56 Å². The summed E-state index contributed by atoms with van der Waals surface area (Å²) in [5.41, 5.74) is 3.05. The Morgan fingerprint density at radius 3 is 2.47 bits per heavy atom. The monoisotopic (exact) mass is 255 g/mol. The van der Waals surface area contributed by atoms with Crippen LogP contribution in [0.2, 0.25) is 0 Å². The van der Waals surface area contributed by atoms with E-state index in [0.717, 1.165) is 11.3 Å². The number of nitrogens with zero attached hydrogens (tertiary/aromatic N) is 1. The van der Waals surface area contributed by atoms with E-state index < -0.39 is 11.9 Å². The summed E-state index contributed by atoms with van der Waals surface area (Å²) >= 11 is 0. The molecule has 0 aliphatic rings. The number of carboxylic acid groups (broad SMARTS) is 1. The van der Waals surface area contributed by atoms with Gasteiger partial charge in [-0.2, -0.15) is 0 Å². The second-order valence-electron chi connectivity index (χ2n) is 4.75. The number of aryl methyl sites for hydroxylation is 1. The van der Waals surface area contributed by atoms with Gasteiger partial charge >= 0.3 is 5.97 Å². The van der Waals surface area contributed by atoms with Crippen LogP contribution in [-0.4, -0.2) is 16.1 Å². The van der Waals surface area contributed by atoms with Crippen molar-refractivity contribution in [1.29, 1.82) is 0 Å². The van der Waals surface area contributed by atoms with Crippen molar-refractivity contribution in [2.24, 2.45) is 5.92 Å². The largest absolute Gasteiger partial charge is 0.481 e. The predicted octanol–water partition coefficient (Wildman–Crippen LogP) is 2.88. The van der Waals surface area contributed by atoms with Crippen molar-refractivity contribution in [2.75, 3.05) is 0 Å². The summed E-state index contributed by atoms with van der Waals surface area (Å²) in [6.45, 7) is 2.02. The van der Waals surface area contributed by atoms with Crippen LogP contribution in [-0.2, 0) is 17.6 Å². The third-order valence-electron chi connectivity index (χ3n) is 3.13. The summed E-state index contributed by atoms with van der Waals surface area (Å²) in [6, 6.07) is 13.6. The minimum atomic E-state index is -0.772. The zero-order valence-electron chi connectivity index (χ0n) is 10.9. The van der Waals surface area contributed by atoms with Gasteiger partial charge in [-0.15, -0.1) is 0 Å². The molecule has 1 unspecified atom stereocenters. The van der Waals surface area contributed by atoms with Crippen LogP contribution in [0.25, 0.3) is 0 Å². The molecule has 0 saturated heterocycles. The van der Waals surface area contributed by atoms with Crippen LogP contribution in [0.3, 0.4) is 0 Å². The fraction of sp³-hybridized carbons (Fsp3) is 0.250. The van der Waals surface area contributed by atoms with E-state index >= 15 is 0 Å². The number of pyridine rings is 1. The van der Waals surface area contributed by atoms with Crippen LogP contribution in [0.15, 0.2) is 48.7 Å². The highest BCUT2D eigenvalue weighted by Gasteiger charge is 2.19. The van der Waals surface area contributed by atoms with Gasteiger partial charge in [0.05, 0.1) is 5.92 Å². The van der Waals surface area contributed by atoms with Crippen LogP contribution < -0.4 is 0 Å². The molecule has 0 saturated carbocycles. The molecule has 1 aromatic carbocycles. The van der Waals surface area contributed by atoms with Crippen molar-refractivity contribution >= 4 is 5.97 Å². The molecule has 0 amide bonds. The summed E-state index contributed by atoms with van der Waals surface area (Å²) in [6.07, 6.45) is 2.69. The van der Waals surface area contributed by atoms with Gasteiger partial charge in [0.2, 0.25) is 0 Å². The molecule has 0 bridgehead atoms. The van der Waals surface area contributed by atoms with Gasteiger partial charge in [0, 0.05) is 18.3 Å². The number of aromatic nitrogens is 1. The zero-order chi connectivity index (χ0) is 13.7. The number of carbonyl (C=O) groups is 1. The van der Waals surface area contributed by atoms with E-state index in [9.17, 15) is 9.90 Å². The van der Waals surface area contributed by atoms with Gasteiger partial charge in [0.15, 0.2) is 0 Å². The molecule has 0 aliphatic carbocycles. The highest BCUT2D eigenvalue weighted by molar-refractivity contribution is 5.70. The SMILES string of the molecule is Cc1ccc(CC(Cc2ccccn2)C(=O)O)cc1. The first-order valence-electron chi connectivity index (χ1n) is 6.33. The van der Waals surface area contributed by atoms with Crippen molar-refractivity contribution in [3.05, 3.63) is 65.5 Å². The first kappa shape index (κ1) is 13.3. The van der Waals surface area contributed by atoms with Crippen molar-refractivity contribution < 1.29 is 9.90 Å². The number of hydrogen-bond donors (Lipinski definition) is 1. The lowest BCUT2D eigenvalue weighted by Gasteiger charge is -2.12. The summed E-state index contributed by atoms with van der Waals surface area (Å²) in [5.74, 6) is -1.20. The van der Waals surface area contributed by atoms with E-state index in [1.807, 2.05) is 49.4 Å². The lowest BCUT2D eigenvalue weighted by Crippen LogP contribution is -2.19. The van der Waals surface area contributed by atoms with Gasteiger partial charge in [-0.3, -0.25) is 9.78 Å². The maximum atomic E-state index is 11.3. The lowest BCUT2D eigenvalue weighted by molar-refractivity contribution is -0.141. The molecule has 3 nitrogen and oxygen atoms in total. The number of benzene rings is 1. The van der Waals surface area contributed by atoms with Gasteiger partial charge < -0.3 is 5.11 Å². The average molecular weight is 255 g/mol. The Morgan fingerprint density at radius 1 is 1.16 bits per heavy atom. The molecule has 3 heteroatoms. The van der Waals surface area contributed by atoms with Gasteiger partial charge in [-0.05, 0) is 31.0 Å². The molecule has 0 spiro atoms. The molecule has 2 rings (SSSR count). The number of aliphatic carboxylic acids is 1. The molecule has 1 N–H and O–H groups in total. The Labute approximate surface area is 112 Å². The minimum Gasteiger partial charge on any atom is -0.481 e. The minimum absolute atomic E-state index is 0.433. The summed E-state index contributed by atoms with van der Waals surface area (Å²) in [4.78, 5) is 15.5. The molecule has 0 radical (unpaired) electrons. The molecule has 1 aromatic heterocycles. The van der Waals surface area contributed by atoms with Gasteiger partial charge in [0.1, 0.15) is 0 Å². The van der Waals surface area contributed by atoms with E-state index in [0.29, 0.717) is 12.8 Å². The number of carboxylic acids is 1. The summed E-state index contributed by atoms with van der Waals surface area (Å²) in [7, 11) is 0. The van der Waals surface area contributed by atoms with E-state index in [4.69, 9.17) is 0 Å². The van der Waals surface area contributed by atoms with Crippen molar-refractivity contribution in [3.63, 3.8) is 0 Å². The molecular weight excluding hydrogens is 238 g/mol. The van der Waals surface area contributed by atoms with Crippen molar-refractivity contribution in [2.45, 2.75) is 19.8 Å². The van der Waals surface area contributed by atoms with Crippen LogP contribution in [0.1, 0.15) is 16.8 Å². The van der Waals surface area contributed by atoms with Gasteiger partial charge in [-0.25, -0.2) is 0 Å². The topological polar surface area (TPSA) is 50.2 Å². The third kappa shape index (κ3) is 3.91. The molecule has 1 heterocycles. The quantitative estimate of drug-likeness (QED) is 0.893. The third-order valence-corrected chi connectivity index (χ3v) is 3.13. The Hall–Kier alpha value is -2.16. The molecule has 0 fully saturated rings. The Balaban J connectivity index is 2.08. The van der Waals surface area contributed by atoms with Crippen LogP contribution in [0.5, 0.6) is 0 Å². The van der Waals surface area contributed by atoms with Crippen LogP contribution in [0.4, 0.5) is 0 Å². The van der Waals surface area contributed by atoms with E-state index in [1.54, 1.807) is 6.20 Å². The van der Waals surface area contributed by atoms with Crippen molar-refractivity contribution in [3.8, 4) is 0 Å². The maximum absolute atomic E-state index is 11.3. The average Bonchev–Trinajstić information content (AvgIpc) is 2.41. The molecule has 19 heavy (non-hydrogen) atoms. The Kier molecular flexibility index (Phi) is 4.29. The smallest absolute Gasteiger partial charge is 0.307 e. The zero-order valence-corrected chi connectivity index (χ0v) is 10.9. The molecular formula is C16H17NO2. The number of hydrogen-bond acceptors (Lipinski definition) is 2. The standard InChI is InChI=1S/C16H17NO2/c1-12-5-7-13(8-6-12)10-14(16(18)19)11-15-4-2-3-9-17-15/h2-9,14H,10-11H2,1H3,(H,18,19). The fourth-order valence-corrected chi connectivity index (χ4v) is 2.03. The lowest BCUT2D eigenvalue weighted by atomic mass is 9.94. The van der Waals surface area contributed by atoms with E-state index in [2.05, 4.69) is 4.98 Å². The molecule has 2 aromatic rings. The Bertz CT molecular complexity index is 534. The van der Waals surface area contributed by atoms with Crippen LogP contribution in [0, 0.1) is 12.8 Å². The van der Waals surface area contributed by atoms with E-state index in [-0.39, 0.29) is 0 Å². The highest BCUT2D eigenvalue weighted by Crippen LogP contribution is 2.14. The second kappa shape index (κ2) is 6.14.